The monoisotopic (exact) mass is 381 g/mol. The molecule has 158 valence electrons. The summed E-state index contributed by atoms with van der Waals surface area (Å²) in [5, 5.41) is 13.4. The van der Waals surface area contributed by atoms with Crippen molar-refractivity contribution in [3.63, 3.8) is 0 Å². The van der Waals surface area contributed by atoms with Gasteiger partial charge >= 0.3 is 0 Å². The molecule has 1 heterocycles. The average Bonchev–Trinajstić information content (AvgIpc) is 2.80. The fourth-order valence-electron chi connectivity index (χ4n) is 3.56. The smallest absolute Gasteiger partial charge is 0.228 e. The molecule has 1 rings (SSSR count). The number of hydrogen-bond acceptors (Lipinski definition) is 4. The van der Waals surface area contributed by atoms with E-state index in [0.29, 0.717) is 32.6 Å². The highest BCUT2D eigenvalue weighted by atomic mass is 16.3. The van der Waals surface area contributed by atoms with Gasteiger partial charge in [-0.05, 0) is 13.3 Å². The minimum absolute atomic E-state index is 0.168. The van der Waals surface area contributed by atoms with Gasteiger partial charge < -0.3 is 15.3 Å². The van der Waals surface area contributed by atoms with E-state index in [0.717, 1.165) is 25.1 Å². The molecule has 0 aromatic heterocycles. The zero-order valence-electron chi connectivity index (χ0n) is 17.8. The van der Waals surface area contributed by atoms with E-state index >= 15 is 0 Å². The molecule has 0 bridgehead atoms. The van der Waals surface area contributed by atoms with Gasteiger partial charge in [-0.15, -0.1) is 0 Å². The van der Waals surface area contributed by atoms with Gasteiger partial charge in [-0.2, -0.15) is 0 Å². The highest BCUT2D eigenvalue weighted by Crippen LogP contribution is 2.12. The standard InChI is InChI=1S/C22H43N3O2/c1-3-4-5-6-7-8-9-10-11-12-13-21(26)19-23-14-16-25-17-15-24-20(2)18-22(25)27/h21,23,26H,3-19H2,1-2H3. The Balaban J connectivity index is 1.90. The van der Waals surface area contributed by atoms with Gasteiger partial charge in [0.15, 0.2) is 0 Å². The fraction of sp³-hybridized carbons (Fsp3) is 0.909. The van der Waals surface area contributed by atoms with Crippen LogP contribution in [-0.2, 0) is 4.79 Å². The maximum atomic E-state index is 12.0. The van der Waals surface area contributed by atoms with E-state index in [2.05, 4.69) is 17.2 Å². The molecular formula is C22H43N3O2. The molecule has 1 aliphatic heterocycles. The van der Waals surface area contributed by atoms with Crippen molar-refractivity contribution < 1.29 is 9.90 Å². The normalized spacial score (nSPS) is 16.3. The third kappa shape index (κ3) is 13.0. The lowest BCUT2D eigenvalue weighted by molar-refractivity contribution is -0.129. The Morgan fingerprint density at radius 3 is 2.37 bits per heavy atom. The maximum Gasteiger partial charge on any atom is 0.228 e. The van der Waals surface area contributed by atoms with Crippen LogP contribution in [0, 0.1) is 0 Å². The van der Waals surface area contributed by atoms with E-state index in [4.69, 9.17) is 0 Å². The van der Waals surface area contributed by atoms with Crippen LogP contribution >= 0.6 is 0 Å². The summed E-state index contributed by atoms with van der Waals surface area (Å²) < 4.78 is 0. The van der Waals surface area contributed by atoms with Gasteiger partial charge in [-0.25, -0.2) is 0 Å². The molecule has 5 nitrogen and oxygen atoms in total. The first kappa shape index (κ1) is 24.1. The number of aliphatic hydroxyl groups is 1. The van der Waals surface area contributed by atoms with Crippen LogP contribution in [-0.4, -0.2) is 60.5 Å². The molecule has 1 atom stereocenters. The first-order valence-electron chi connectivity index (χ1n) is 11.3. The zero-order valence-corrected chi connectivity index (χ0v) is 17.8. The third-order valence-corrected chi connectivity index (χ3v) is 5.34. The summed E-state index contributed by atoms with van der Waals surface area (Å²) in [7, 11) is 0. The molecule has 0 radical (unpaired) electrons. The quantitative estimate of drug-likeness (QED) is 0.398. The van der Waals surface area contributed by atoms with Gasteiger partial charge in [0, 0.05) is 31.9 Å². The van der Waals surface area contributed by atoms with Crippen LogP contribution in [0.5, 0.6) is 0 Å². The number of amides is 1. The Morgan fingerprint density at radius 2 is 1.70 bits per heavy atom. The van der Waals surface area contributed by atoms with Crippen LogP contribution in [0.2, 0.25) is 0 Å². The second-order valence-corrected chi connectivity index (χ2v) is 8.00. The summed E-state index contributed by atoms with van der Waals surface area (Å²) in [6.45, 7) is 7.65. The summed E-state index contributed by atoms with van der Waals surface area (Å²) in [6.07, 6.45) is 14.3. The predicted molar refractivity (Wildman–Crippen MR) is 115 cm³/mol. The van der Waals surface area contributed by atoms with Crippen molar-refractivity contribution in [3.05, 3.63) is 0 Å². The van der Waals surface area contributed by atoms with Crippen molar-refractivity contribution >= 4 is 11.6 Å². The summed E-state index contributed by atoms with van der Waals surface area (Å²) >= 11 is 0. The Hall–Kier alpha value is -0.940. The number of unbranched alkanes of at least 4 members (excludes halogenated alkanes) is 9. The average molecular weight is 382 g/mol. The van der Waals surface area contributed by atoms with Crippen LogP contribution in [0.3, 0.4) is 0 Å². The largest absolute Gasteiger partial charge is 0.392 e. The van der Waals surface area contributed by atoms with Gasteiger partial charge in [0.2, 0.25) is 5.91 Å². The Labute approximate surface area is 167 Å². The van der Waals surface area contributed by atoms with Gasteiger partial charge in [0.05, 0.1) is 19.1 Å². The highest BCUT2D eigenvalue weighted by molar-refractivity contribution is 6.00. The van der Waals surface area contributed by atoms with Crippen molar-refractivity contribution in [2.24, 2.45) is 4.99 Å². The number of carbonyl (C=O) groups excluding carboxylic acids is 1. The van der Waals surface area contributed by atoms with Crippen LogP contribution < -0.4 is 5.32 Å². The summed E-state index contributed by atoms with van der Waals surface area (Å²) in [5.74, 6) is 0.168. The molecule has 1 unspecified atom stereocenters. The van der Waals surface area contributed by atoms with Crippen LogP contribution in [0.4, 0.5) is 0 Å². The topological polar surface area (TPSA) is 64.9 Å². The van der Waals surface area contributed by atoms with Crippen molar-refractivity contribution in [2.75, 3.05) is 32.7 Å². The lowest BCUT2D eigenvalue weighted by Crippen LogP contribution is -2.39. The second kappa shape index (κ2) is 16.1. The lowest BCUT2D eigenvalue weighted by atomic mass is 10.0. The summed E-state index contributed by atoms with van der Waals surface area (Å²) in [4.78, 5) is 18.3. The number of nitrogens with one attached hydrogen (secondary N) is 1. The van der Waals surface area contributed by atoms with Crippen molar-refractivity contribution in [1.82, 2.24) is 10.2 Å². The molecule has 0 saturated carbocycles. The van der Waals surface area contributed by atoms with Gasteiger partial charge in [-0.1, -0.05) is 71.1 Å². The number of aliphatic imine (C=N–C) groups is 1. The van der Waals surface area contributed by atoms with E-state index in [9.17, 15) is 9.90 Å². The minimum Gasteiger partial charge on any atom is -0.392 e. The second-order valence-electron chi connectivity index (χ2n) is 8.00. The molecule has 2 N–H and O–H groups in total. The van der Waals surface area contributed by atoms with Crippen LogP contribution in [0.1, 0.15) is 90.9 Å². The molecule has 1 amide bonds. The minimum atomic E-state index is -0.274. The molecule has 0 aliphatic carbocycles. The van der Waals surface area contributed by atoms with Gasteiger partial charge in [0.25, 0.3) is 0 Å². The molecule has 0 fully saturated rings. The van der Waals surface area contributed by atoms with E-state index in [1.165, 1.54) is 57.8 Å². The summed E-state index contributed by atoms with van der Waals surface area (Å²) in [6, 6.07) is 0. The van der Waals surface area contributed by atoms with Gasteiger partial charge in [-0.3, -0.25) is 9.79 Å². The third-order valence-electron chi connectivity index (χ3n) is 5.34. The van der Waals surface area contributed by atoms with Crippen molar-refractivity contribution in [1.29, 1.82) is 0 Å². The van der Waals surface area contributed by atoms with Crippen LogP contribution in [0.25, 0.3) is 0 Å². The molecule has 0 saturated heterocycles. The van der Waals surface area contributed by atoms with Crippen molar-refractivity contribution in [3.8, 4) is 0 Å². The fourth-order valence-corrected chi connectivity index (χ4v) is 3.56. The molecule has 1 aliphatic rings. The molecule has 0 aromatic rings. The highest BCUT2D eigenvalue weighted by Gasteiger charge is 2.16. The first-order valence-corrected chi connectivity index (χ1v) is 11.3. The number of rotatable bonds is 16. The first-order chi connectivity index (χ1) is 13.1. The predicted octanol–water partition coefficient (Wildman–Crippen LogP) is 3.94. The zero-order chi connectivity index (χ0) is 19.7. The lowest BCUT2D eigenvalue weighted by Gasteiger charge is -2.21. The number of aliphatic hydroxyl groups excluding tert-OH is 1. The van der Waals surface area contributed by atoms with E-state index < -0.39 is 0 Å². The van der Waals surface area contributed by atoms with E-state index in [-0.39, 0.29) is 12.0 Å². The number of hydrogen-bond donors (Lipinski definition) is 2. The van der Waals surface area contributed by atoms with Gasteiger partial charge in [0.1, 0.15) is 0 Å². The molecule has 27 heavy (non-hydrogen) atoms. The molecule has 0 spiro atoms. The maximum absolute atomic E-state index is 12.0. The Kier molecular flexibility index (Phi) is 14.3. The molecule has 5 heteroatoms. The number of carbonyl (C=O) groups is 1. The molecule has 0 aromatic carbocycles. The SMILES string of the molecule is CCCCCCCCCCCCC(O)CNCCN1CCN=C(C)CC1=O. The van der Waals surface area contributed by atoms with Crippen LogP contribution in [0.15, 0.2) is 4.99 Å². The summed E-state index contributed by atoms with van der Waals surface area (Å²) in [5.41, 5.74) is 0.933. The number of nitrogens with zero attached hydrogens (tertiary/aromatic N) is 2. The van der Waals surface area contributed by atoms with Crippen molar-refractivity contribution in [2.45, 2.75) is 97.0 Å². The van der Waals surface area contributed by atoms with E-state index in [1.807, 2.05) is 11.8 Å². The Bertz CT molecular complexity index is 412. The molecular weight excluding hydrogens is 338 g/mol. The van der Waals surface area contributed by atoms with E-state index in [1.54, 1.807) is 0 Å². The Morgan fingerprint density at radius 1 is 1.07 bits per heavy atom.